The molecule has 0 unspecified atom stereocenters. The first-order valence-electron chi connectivity index (χ1n) is 6.54. The van der Waals surface area contributed by atoms with Crippen LogP contribution in [0.5, 0.6) is 0 Å². The minimum Gasteiger partial charge on any atom is -0.322 e. The second-order valence-corrected chi connectivity index (χ2v) is 5.99. The first-order valence-corrected chi connectivity index (χ1v) is 7.92. The van der Waals surface area contributed by atoms with Crippen molar-refractivity contribution in [2.45, 2.75) is 4.90 Å². The molecule has 124 valence electrons. The number of nitrogens with one attached hydrogen (secondary N) is 1. The van der Waals surface area contributed by atoms with Gasteiger partial charge in [0.1, 0.15) is 4.90 Å². The Labute approximate surface area is 136 Å². The smallest absolute Gasteiger partial charge is 0.322 e. The van der Waals surface area contributed by atoms with Crippen molar-refractivity contribution >= 4 is 33.6 Å². The molecule has 0 saturated carbocycles. The van der Waals surface area contributed by atoms with E-state index in [0.717, 1.165) is 18.2 Å². The van der Waals surface area contributed by atoms with Crippen LogP contribution in [-0.4, -0.2) is 19.2 Å². The van der Waals surface area contributed by atoms with Crippen molar-refractivity contribution in [2.75, 3.05) is 5.32 Å². The molecule has 0 aromatic heterocycles. The Bertz CT molecular complexity index is 925. The number of amides is 1. The number of carbonyl (C=O) groups excluding carboxylic acids is 1. The van der Waals surface area contributed by atoms with E-state index in [2.05, 4.69) is 5.32 Å². The van der Waals surface area contributed by atoms with Crippen LogP contribution < -0.4 is 5.32 Å². The molecule has 0 atom stereocenters. The molecule has 0 aliphatic heterocycles. The van der Waals surface area contributed by atoms with Gasteiger partial charge in [0.15, 0.2) is 0 Å². The predicted molar refractivity (Wildman–Crippen MR) is 85.5 cm³/mol. The van der Waals surface area contributed by atoms with E-state index in [-0.39, 0.29) is 11.4 Å². The van der Waals surface area contributed by atoms with Gasteiger partial charge in [0.05, 0.1) is 4.92 Å². The summed E-state index contributed by atoms with van der Waals surface area (Å²) in [6.45, 7) is 0. The fourth-order valence-corrected chi connectivity index (χ4v) is 2.33. The lowest BCUT2D eigenvalue weighted by Gasteiger charge is -2.03. The Hall–Kier alpha value is -3.07. The molecule has 24 heavy (non-hydrogen) atoms. The third-order valence-electron chi connectivity index (χ3n) is 2.89. The standard InChI is InChI=1S/C15H11FN2O5S/c16-24(22,23)14-6-2-4-12(10-14)17-15(19)8-7-11-3-1-5-13(9-11)18(20)21/h1-10H,(H,17,19)/b8-7-. The molecule has 1 amide bonds. The third kappa shape index (κ3) is 4.71. The largest absolute Gasteiger partial charge is 0.332 e. The number of nitrogens with zero attached hydrogens (tertiary/aromatic N) is 1. The van der Waals surface area contributed by atoms with Crippen molar-refractivity contribution < 1.29 is 22.0 Å². The molecule has 7 nitrogen and oxygen atoms in total. The lowest BCUT2D eigenvalue weighted by Crippen LogP contribution is -2.08. The van der Waals surface area contributed by atoms with Gasteiger partial charge in [-0.1, -0.05) is 18.2 Å². The molecule has 2 aromatic rings. The van der Waals surface area contributed by atoms with Crippen LogP contribution in [0.25, 0.3) is 6.08 Å². The molecule has 0 radical (unpaired) electrons. The van der Waals surface area contributed by atoms with Gasteiger partial charge >= 0.3 is 10.2 Å². The number of hydrogen-bond donors (Lipinski definition) is 1. The highest BCUT2D eigenvalue weighted by Crippen LogP contribution is 2.18. The highest BCUT2D eigenvalue weighted by Gasteiger charge is 2.12. The molecule has 2 rings (SSSR count). The van der Waals surface area contributed by atoms with E-state index in [9.17, 15) is 27.2 Å². The second kappa shape index (κ2) is 7.01. The van der Waals surface area contributed by atoms with Gasteiger partial charge in [-0.3, -0.25) is 14.9 Å². The van der Waals surface area contributed by atoms with Crippen LogP contribution in [0.15, 0.2) is 59.5 Å². The number of anilines is 1. The zero-order chi connectivity index (χ0) is 17.7. The zero-order valence-corrected chi connectivity index (χ0v) is 12.9. The van der Waals surface area contributed by atoms with E-state index in [1.807, 2.05) is 0 Å². The van der Waals surface area contributed by atoms with Crippen LogP contribution in [0.1, 0.15) is 5.56 Å². The predicted octanol–water partition coefficient (Wildman–Crippen LogP) is 2.90. The lowest BCUT2D eigenvalue weighted by atomic mass is 10.2. The number of hydrogen-bond acceptors (Lipinski definition) is 5. The van der Waals surface area contributed by atoms with Gasteiger partial charge in [0.2, 0.25) is 5.91 Å². The van der Waals surface area contributed by atoms with Gasteiger partial charge in [-0.15, -0.1) is 3.89 Å². The molecular formula is C15H11FN2O5S. The van der Waals surface area contributed by atoms with E-state index in [1.165, 1.54) is 36.4 Å². The quantitative estimate of drug-likeness (QED) is 0.386. The molecule has 0 aliphatic carbocycles. The Morgan fingerprint density at radius 2 is 1.88 bits per heavy atom. The molecule has 0 bridgehead atoms. The number of halogens is 1. The summed E-state index contributed by atoms with van der Waals surface area (Å²) in [5, 5.41) is 13.0. The fourth-order valence-electron chi connectivity index (χ4n) is 1.82. The number of nitro groups is 1. The first kappa shape index (κ1) is 17.3. The number of carbonyl (C=O) groups is 1. The van der Waals surface area contributed by atoms with Crippen LogP contribution in [0.2, 0.25) is 0 Å². The van der Waals surface area contributed by atoms with Crippen molar-refractivity contribution in [3.05, 3.63) is 70.3 Å². The molecule has 0 saturated heterocycles. The van der Waals surface area contributed by atoms with E-state index in [0.29, 0.717) is 5.56 Å². The van der Waals surface area contributed by atoms with Gasteiger partial charge < -0.3 is 5.32 Å². The van der Waals surface area contributed by atoms with Crippen LogP contribution in [0.4, 0.5) is 15.3 Å². The van der Waals surface area contributed by atoms with Gasteiger partial charge in [0, 0.05) is 23.9 Å². The summed E-state index contributed by atoms with van der Waals surface area (Å²) in [6.07, 6.45) is 2.48. The average molecular weight is 350 g/mol. The van der Waals surface area contributed by atoms with Crippen LogP contribution in [0.3, 0.4) is 0 Å². The Kier molecular flexibility index (Phi) is 5.05. The minimum atomic E-state index is -4.86. The monoisotopic (exact) mass is 350 g/mol. The molecular weight excluding hydrogens is 339 g/mol. The SMILES string of the molecule is O=C(/C=C\c1cccc([N+](=O)[O-])c1)Nc1cccc(S(=O)(=O)F)c1. The molecule has 1 N–H and O–H groups in total. The average Bonchev–Trinajstić information content (AvgIpc) is 2.52. The maximum Gasteiger partial charge on any atom is 0.332 e. The van der Waals surface area contributed by atoms with E-state index >= 15 is 0 Å². The summed E-state index contributed by atoms with van der Waals surface area (Å²) in [5.41, 5.74) is 0.431. The van der Waals surface area contributed by atoms with Crippen molar-refractivity contribution in [3.63, 3.8) is 0 Å². The van der Waals surface area contributed by atoms with E-state index in [4.69, 9.17) is 0 Å². The van der Waals surface area contributed by atoms with E-state index in [1.54, 1.807) is 6.07 Å². The topological polar surface area (TPSA) is 106 Å². The number of non-ortho nitro benzene ring substituents is 1. The summed E-state index contributed by atoms with van der Waals surface area (Å²) in [4.78, 5) is 21.3. The summed E-state index contributed by atoms with van der Waals surface area (Å²) < 4.78 is 34.5. The summed E-state index contributed by atoms with van der Waals surface area (Å²) in [5.74, 6) is -0.602. The molecule has 0 spiro atoms. The van der Waals surface area contributed by atoms with Gasteiger partial charge in [0.25, 0.3) is 5.69 Å². The van der Waals surface area contributed by atoms with Gasteiger partial charge in [-0.2, -0.15) is 8.42 Å². The maximum absolute atomic E-state index is 12.9. The zero-order valence-electron chi connectivity index (χ0n) is 12.0. The second-order valence-electron chi connectivity index (χ2n) is 4.64. The highest BCUT2D eigenvalue weighted by atomic mass is 32.3. The lowest BCUT2D eigenvalue weighted by molar-refractivity contribution is -0.384. The van der Waals surface area contributed by atoms with Gasteiger partial charge in [-0.25, -0.2) is 0 Å². The van der Waals surface area contributed by atoms with Crippen molar-refractivity contribution in [1.82, 2.24) is 0 Å². The van der Waals surface area contributed by atoms with Crippen LogP contribution in [0, 0.1) is 10.1 Å². The third-order valence-corrected chi connectivity index (χ3v) is 3.71. The normalized spacial score (nSPS) is 11.4. The van der Waals surface area contributed by atoms with Crippen LogP contribution in [-0.2, 0) is 15.0 Å². The Morgan fingerprint density at radius 3 is 2.54 bits per heavy atom. The number of nitro benzene ring substituents is 1. The summed E-state index contributed by atoms with van der Waals surface area (Å²) in [7, 11) is -4.86. The summed E-state index contributed by atoms with van der Waals surface area (Å²) in [6, 6.07) is 10.4. The van der Waals surface area contributed by atoms with Crippen molar-refractivity contribution in [3.8, 4) is 0 Å². The maximum atomic E-state index is 12.9. The fraction of sp³-hybridized carbons (Fsp3) is 0. The Morgan fingerprint density at radius 1 is 1.17 bits per heavy atom. The van der Waals surface area contributed by atoms with Crippen molar-refractivity contribution in [1.29, 1.82) is 0 Å². The van der Waals surface area contributed by atoms with Gasteiger partial charge in [-0.05, 0) is 29.8 Å². The molecule has 9 heteroatoms. The number of rotatable bonds is 5. The highest BCUT2D eigenvalue weighted by molar-refractivity contribution is 7.86. The Balaban J connectivity index is 2.11. The van der Waals surface area contributed by atoms with Crippen molar-refractivity contribution in [2.24, 2.45) is 0 Å². The van der Waals surface area contributed by atoms with E-state index < -0.39 is 25.9 Å². The molecule has 0 aliphatic rings. The van der Waals surface area contributed by atoms with Crippen LogP contribution >= 0.6 is 0 Å². The minimum absolute atomic E-state index is 0.0995. The summed E-state index contributed by atoms with van der Waals surface area (Å²) >= 11 is 0. The molecule has 2 aromatic carbocycles. The first-order chi connectivity index (χ1) is 11.3. The molecule has 0 heterocycles. The molecule has 0 fully saturated rings. The number of benzene rings is 2.